The van der Waals surface area contributed by atoms with Gasteiger partial charge in [0.15, 0.2) is 0 Å². The Kier molecular flexibility index (Phi) is 2.74. The highest BCUT2D eigenvalue weighted by Crippen LogP contribution is 2.02. The molecular weight excluding hydrogens is 178 g/mol. The summed E-state index contributed by atoms with van der Waals surface area (Å²) in [4.78, 5) is 17.7. The van der Waals surface area contributed by atoms with Crippen molar-refractivity contribution >= 4 is 5.91 Å². The Morgan fingerprint density at radius 1 is 1.43 bits per heavy atom. The maximum atomic E-state index is 11.9. The molecule has 1 aromatic heterocycles. The van der Waals surface area contributed by atoms with Crippen LogP contribution in [-0.2, 0) is 0 Å². The smallest absolute Gasteiger partial charge is 0.255 e. The van der Waals surface area contributed by atoms with Gasteiger partial charge in [-0.2, -0.15) is 0 Å². The summed E-state index contributed by atoms with van der Waals surface area (Å²) in [6.45, 7) is 3.69. The van der Waals surface area contributed by atoms with E-state index in [-0.39, 0.29) is 5.91 Å². The Balaban J connectivity index is 2.07. The molecule has 1 aliphatic heterocycles. The molecule has 1 fully saturated rings. The second kappa shape index (κ2) is 4.19. The Morgan fingerprint density at radius 3 is 2.86 bits per heavy atom. The third kappa shape index (κ3) is 1.90. The first kappa shape index (κ1) is 9.15. The molecule has 0 aliphatic carbocycles. The average Bonchev–Trinajstić information content (AvgIpc) is 2.30. The lowest BCUT2D eigenvalue weighted by Gasteiger charge is -2.25. The minimum atomic E-state index is 0.103. The zero-order valence-electron chi connectivity index (χ0n) is 8.02. The third-order valence-electron chi connectivity index (χ3n) is 2.40. The van der Waals surface area contributed by atoms with E-state index in [1.807, 2.05) is 11.0 Å². The van der Waals surface area contributed by atoms with E-state index < -0.39 is 0 Å². The average molecular weight is 192 g/mol. The topological polar surface area (TPSA) is 49.8 Å². The van der Waals surface area contributed by atoms with Gasteiger partial charge in [-0.15, -0.1) is 0 Å². The highest BCUT2D eigenvalue weighted by Gasteiger charge is 2.19. The number of nitrogens with two attached hydrogens (primary N) is 1. The summed E-state index contributed by atoms with van der Waals surface area (Å²) in [7, 11) is 0. The van der Waals surface area contributed by atoms with Crippen molar-refractivity contribution in [3.8, 4) is 0 Å². The minimum absolute atomic E-state index is 0.103. The number of pyridine rings is 1. The number of piperazine rings is 1. The summed E-state index contributed by atoms with van der Waals surface area (Å²) in [5.41, 5.74) is 0.689. The molecule has 0 bridgehead atoms. The highest BCUT2D eigenvalue weighted by atomic mass is 16.2. The van der Waals surface area contributed by atoms with Crippen LogP contribution in [-0.4, -0.2) is 42.0 Å². The van der Waals surface area contributed by atoms with Gasteiger partial charge in [0.05, 0.1) is 31.7 Å². The van der Waals surface area contributed by atoms with Crippen LogP contribution in [0.15, 0.2) is 24.5 Å². The van der Waals surface area contributed by atoms with Crippen LogP contribution in [0.4, 0.5) is 0 Å². The molecule has 74 valence electrons. The molecule has 0 radical (unpaired) electrons. The first-order chi connectivity index (χ1) is 6.88. The molecule has 0 saturated carbocycles. The van der Waals surface area contributed by atoms with E-state index in [9.17, 15) is 4.79 Å². The predicted octanol–water partition coefficient (Wildman–Crippen LogP) is -0.899. The zero-order valence-corrected chi connectivity index (χ0v) is 8.02. The van der Waals surface area contributed by atoms with Crippen molar-refractivity contribution in [1.29, 1.82) is 0 Å². The van der Waals surface area contributed by atoms with Gasteiger partial charge < -0.3 is 10.2 Å². The van der Waals surface area contributed by atoms with Crippen LogP contribution in [0.25, 0.3) is 0 Å². The second-order valence-electron chi connectivity index (χ2n) is 3.40. The number of carbonyl (C=O) groups is 1. The first-order valence-electron chi connectivity index (χ1n) is 4.89. The molecule has 1 aliphatic rings. The quantitative estimate of drug-likeness (QED) is 0.627. The maximum Gasteiger partial charge on any atom is 0.255 e. The van der Waals surface area contributed by atoms with E-state index in [0.717, 1.165) is 26.2 Å². The number of aromatic nitrogens is 1. The fourth-order valence-corrected chi connectivity index (χ4v) is 1.63. The molecule has 4 heteroatoms. The van der Waals surface area contributed by atoms with E-state index >= 15 is 0 Å². The van der Waals surface area contributed by atoms with E-state index in [4.69, 9.17) is 0 Å². The Morgan fingerprint density at radius 2 is 2.21 bits per heavy atom. The van der Waals surface area contributed by atoms with Crippen LogP contribution in [0.1, 0.15) is 10.4 Å². The van der Waals surface area contributed by atoms with E-state index in [1.165, 1.54) is 0 Å². The molecule has 0 aromatic carbocycles. The van der Waals surface area contributed by atoms with Crippen LogP contribution in [0.2, 0.25) is 0 Å². The van der Waals surface area contributed by atoms with Gasteiger partial charge in [-0.25, -0.2) is 0 Å². The summed E-state index contributed by atoms with van der Waals surface area (Å²) in [6.07, 6.45) is 3.31. The van der Waals surface area contributed by atoms with Crippen molar-refractivity contribution in [2.75, 3.05) is 26.2 Å². The van der Waals surface area contributed by atoms with Gasteiger partial charge >= 0.3 is 0 Å². The lowest BCUT2D eigenvalue weighted by atomic mass is 10.2. The summed E-state index contributed by atoms with van der Waals surface area (Å²) >= 11 is 0. The van der Waals surface area contributed by atoms with Crippen molar-refractivity contribution in [3.63, 3.8) is 0 Å². The zero-order chi connectivity index (χ0) is 9.80. The number of carbonyl (C=O) groups excluding carboxylic acids is 1. The van der Waals surface area contributed by atoms with Crippen molar-refractivity contribution < 1.29 is 10.1 Å². The standard InChI is InChI=1S/C10H13N3O/c14-10(9-2-1-3-12-8-9)13-6-4-11-5-7-13/h1-3,8,11H,4-7H2/p+1. The molecule has 0 unspecified atom stereocenters. The number of quaternary nitrogens is 1. The monoisotopic (exact) mass is 192 g/mol. The lowest BCUT2D eigenvalue weighted by molar-refractivity contribution is -0.661. The number of amides is 1. The summed E-state index contributed by atoms with van der Waals surface area (Å²) in [5, 5.41) is 2.23. The number of hydrogen-bond donors (Lipinski definition) is 1. The molecule has 0 spiro atoms. The molecule has 2 rings (SSSR count). The number of hydrogen-bond acceptors (Lipinski definition) is 2. The SMILES string of the molecule is O=C(c1cccnc1)N1CC[NH2+]CC1. The van der Waals surface area contributed by atoms with Gasteiger partial charge in [0.25, 0.3) is 5.91 Å². The van der Waals surface area contributed by atoms with Crippen LogP contribution in [0, 0.1) is 0 Å². The van der Waals surface area contributed by atoms with Crippen LogP contribution in [0.3, 0.4) is 0 Å². The normalized spacial score (nSPS) is 16.7. The molecule has 4 nitrogen and oxygen atoms in total. The Hall–Kier alpha value is -1.42. The molecule has 0 atom stereocenters. The van der Waals surface area contributed by atoms with E-state index in [2.05, 4.69) is 10.3 Å². The highest BCUT2D eigenvalue weighted by molar-refractivity contribution is 5.93. The summed E-state index contributed by atoms with van der Waals surface area (Å²) < 4.78 is 0. The van der Waals surface area contributed by atoms with Gasteiger partial charge in [0.2, 0.25) is 0 Å². The fraction of sp³-hybridized carbons (Fsp3) is 0.400. The van der Waals surface area contributed by atoms with Crippen LogP contribution in [0.5, 0.6) is 0 Å². The molecule has 2 N–H and O–H groups in total. The van der Waals surface area contributed by atoms with Gasteiger partial charge in [0, 0.05) is 12.4 Å². The van der Waals surface area contributed by atoms with Crippen molar-refractivity contribution in [2.45, 2.75) is 0 Å². The van der Waals surface area contributed by atoms with Crippen LogP contribution < -0.4 is 5.32 Å². The molecule has 1 aromatic rings. The second-order valence-corrected chi connectivity index (χ2v) is 3.40. The van der Waals surface area contributed by atoms with E-state index in [1.54, 1.807) is 18.5 Å². The molecular formula is C10H14N3O+. The largest absolute Gasteiger partial charge is 0.343 e. The van der Waals surface area contributed by atoms with E-state index in [0.29, 0.717) is 5.56 Å². The van der Waals surface area contributed by atoms with Gasteiger partial charge in [-0.05, 0) is 12.1 Å². The van der Waals surface area contributed by atoms with Crippen molar-refractivity contribution in [1.82, 2.24) is 9.88 Å². The van der Waals surface area contributed by atoms with Crippen molar-refractivity contribution in [2.24, 2.45) is 0 Å². The Bertz CT molecular complexity index is 306. The first-order valence-corrected chi connectivity index (χ1v) is 4.89. The van der Waals surface area contributed by atoms with Gasteiger partial charge in [-0.1, -0.05) is 0 Å². The molecule has 14 heavy (non-hydrogen) atoms. The van der Waals surface area contributed by atoms with Crippen LogP contribution >= 0.6 is 0 Å². The van der Waals surface area contributed by atoms with Crippen molar-refractivity contribution in [3.05, 3.63) is 30.1 Å². The third-order valence-corrected chi connectivity index (χ3v) is 2.40. The fourth-order valence-electron chi connectivity index (χ4n) is 1.63. The molecule has 2 heterocycles. The molecule has 1 saturated heterocycles. The predicted molar refractivity (Wildman–Crippen MR) is 51.8 cm³/mol. The Labute approximate surface area is 82.9 Å². The maximum absolute atomic E-state index is 11.9. The number of rotatable bonds is 1. The lowest BCUT2D eigenvalue weighted by Crippen LogP contribution is -2.89. The molecule has 1 amide bonds. The minimum Gasteiger partial charge on any atom is -0.343 e. The summed E-state index contributed by atoms with van der Waals surface area (Å²) in [5.74, 6) is 0.103. The summed E-state index contributed by atoms with van der Waals surface area (Å²) in [6, 6.07) is 3.61. The van der Waals surface area contributed by atoms with Gasteiger partial charge in [-0.3, -0.25) is 9.78 Å². The number of nitrogens with zero attached hydrogens (tertiary/aromatic N) is 2. The van der Waals surface area contributed by atoms with Gasteiger partial charge in [0.1, 0.15) is 0 Å².